The molecule has 1 aromatic heterocycles. The number of aromatic nitrogens is 1. The Kier molecular flexibility index (Phi) is 2.67. The number of hydrogen-bond donors (Lipinski definition) is 2. The monoisotopic (exact) mass is 206 g/mol. The molecule has 0 aliphatic rings. The molecule has 1 aromatic carbocycles. The Labute approximate surface area is 86.2 Å². The Hall–Kier alpha value is -1.10. The standard InChI is InChI=1S/C10H10N2OS/c11-10(14-13)8-5-6-12-9-4-2-1-3-7(8)9/h1-6,10,13H,11H2. The smallest absolute Gasteiger partial charge is 0.103 e. The first-order valence-electron chi connectivity index (χ1n) is 4.22. The van der Waals surface area contributed by atoms with Crippen molar-refractivity contribution in [2.24, 2.45) is 5.73 Å². The van der Waals surface area contributed by atoms with Crippen LogP contribution in [-0.4, -0.2) is 9.54 Å². The van der Waals surface area contributed by atoms with Gasteiger partial charge in [-0.15, -0.1) is 0 Å². The predicted molar refractivity (Wildman–Crippen MR) is 58.9 cm³/mol. The van der Waals surface area contributed by atoms with Crippen molar-refractivity contribution in [2.45, 2.75) is 5.37 Å². The second-order valence-electron chi connectivity index (χ2n) is 2.94. The van der Waals surface area contributed by atoms with Crippen molar-refractivity contribution in [3.63, 3.8) is 0 Å². The van der Waals surface area contributed by atoms with Crippen molar-refractivity contribution >= 4 is 22.9 Å². The maximum Gasteiger partial charge on any atom is 0.103 e. The molecular weight excluding hydrogens is 196 g/mol. The number of benzene rings is 1. The van der Waals surface area contributed by atoms with E-state index in [1.165, 1.54) is 0 Å². The molecule has 0 amide bonds. The summed E-state index contributed by atoms with van der Waals surface area (Å²) in [4.78, 5) is 4.21. The van der Waals surface area contributed by atoms with Gasteiger partial charge in [0.25, 0.3) is 0 Å². The first-order chi connectivity index (χ1) is 6.83. The first kappa shape index (κ1) is 9.45. The first-order valence-corrected chi connectivity index (χ1v) is 5.06. The molecule has 0 bridgehead atoms. The van der Waals surface area contributed by atoms with E-state index in [1.807, 2.05) is 30.3 Å². The van der Waals surface area contributed by atoms with Crippen LogP contribution in [0, 0.1) is 0 Å². The van der Waals surface area contributed by atoms with Crippen LogP contribution in [0.3, 0.4) is 0 Å². The van der Waals surface area contributed by atoms with E-state index in [4.69, 9.17) is 10.3 Å². The van der Waals surface area contributed by atoms with Gasteiger partial charge in [-0.25, -0.2) is 0 Å². The summed E-state index contributed by atoms with van der Waals surface area (Å²) in [6.07, 6.45) is 1.70. The van der Waals surface area contributed by atoms with Gasteiger partial charge in [0, 0.05) is 23.6 Å². The van der Waals surface area contributed by atoms with Crippen LogP contribution in [0.4, 0.5) is 0 Å². The minimum atomic E-state index is -0.414. The fraction of sp³-hybridized carbons (Fsp3) is 0.100. The maximum atomic E-state index is 8.92. The SMILES string of the molecule is NC(SO)c1ccnc2ccccc12. The van der Waals surface area contributed by atoms with Crippen LogP contribution in [0.15, 0.2) is 36.5 Å². The minimum absolute atomic E-state index is 0.414. The highest BCUT2D eigenvalue weighted by atomic mass is 32.2. The van der Waals surface area contributed by atoms with E-state index in [9.17, 15) is 0 Å². The van der Waals surface area contributed by atoms with Gasteiger partial charge in [-0.05, 0) is 17.7 Å². The maximum absolute atomic E-state index is 8.92. The molecule has 72 valence electrons. The van der Waals surface area contributed by atoms with Gasteiger partial charge in [0.05, 0.1) is 5.52 Å². The van der Waals surface area contributed by atoms with Crippen LogP contribution >= 0.6 is 12.0 Å². The molecule has 0 saturated heterocycles. The average molecular weight is 206 g/mol. The summed E-state index contributed by atoms with van der Waals surface area (Å²) in [7, 11) is 0. The molecule has 0 aliphatic heterocycles. The molecule has 2 rings (SSSR count). The molecule has 1 unspecified atom stereocenters. The minimum Gasteiger partial charge on any atom is -0.328 e. The molecule has 0 spiro atoms. The third-order valence-electron chi connectivity index (χ3n) is 2.10. The van der Waals surface area contributed by atoms with E-state index >= 15 is 0 Å². The molecule has 1 atom stereocenters. The fourth-order valence-corrected chi connectivity index (χ4v) is 1.74. The number of hydrogen-bond acceptors (Lipinski definition) is 4. The second kappa shape index (κ2) is 3.96. The molecule has 4 heteroatoms. The quantitative estimate of drug-likeness (QED) is 0.585. The number of nitrogens with zero attached hydrogens (tertiary/aromatic N) is 1. The van der Waals surface area contributed by atoms with Gasteiger partial charge in [-0.1, -0.05) is 18.2 Å². The topological polar surface area (TPSA) is 59.1 Å². The summed E-state index contributed by atoms with van der Waals surface area (Å²) in [5.41, 5.74) is 7.55. The Bertz CT molecular complexity index is 442. The summed E-state index contributed by atoms with van der Waals surface area (Å²) in [6.45, 7) is 0. The van der Waals surface area contributed by atoms with Crippen molar-refractivity contribution in [3.8, 4) is 0 Å². The van der Waals surface area contributed by atoms with E-state index in [2.05, 4.69) is 4.98 Å². The molecule has 3 N–H and O–H groups in total. The third-order valence-corrected chi connectivity index (χ3v) is 2.58. The van der Waals surface area contributed by atoms with Crippen molar-refractivity contribution < 1.29 is 4.55 Å². The molecule has 0 fully saturated rings. The lowest BCUT2D eigenvalue weighted by atomic mass is 10.1. The van der Waals surface area contributed by atoms with Crippen molar-refractivity contribution in [3.05, 3.63) is 42.1 Å². The molecule has 0 saturated carbocycles. The number of rotatable bonds is 2. The number of para-hydroxylation sites is 1. The Morgan fingerprint density at radius 2 is 2.07 bits per heavy atom. The second-order valence-corrected chi connectivity index (χ2v) is 3.66. The lowest BCUT2D eigenvalue weighted by molar-refractivity contribution is 0.652. The van der Waals surface area contributed by atoms with Crippen LogP contribution in [0.2, 0.25) is 0 Å². The van der Waals surface area contributed by atoms with Gasteiger partial charge in [0.2, 0.25) is 0 Å². The zero-order valence-corrected chi connectivity index (χ0v) is 8.24. The number of nitrogens with two attached hydrogens (primary N) is 1. The fourth-order valence-electron chi connectivity index (χ4n) is 1.42. The van der Waals surface area contributed by atoms with Gasteiger partial charge in [0.15, 0.2) is 0 Å². The van der Waals surface area contributed by atoms with Crippen LogP contribution in [0.25, 0.3) is 10.9 Å². The summed E-state index contributed by atoms with van der Waals surface area (Å²) < 4.78 is 8.92. The Balaban J connectivity index is 2.65. The Morgan fingerprint density at radius 1 is 1.29 bits per heavy atom. The van der Waals surface area contributed by atoms with E-state index in [-0.39, 0.29) is 0 Å². The zero-order valence-electron chi connectivity index (χ0n) is 7.42. The van der Waals surface area contributed by atoms with E-state index in [0.29, 0.717) is 12.0 Å². The van der Waals surface area contributed by atoms with Gasteiger partial charge in [0.1, 0.15) is 5.37 Å². The van der Waals surface area contributed by atoms with E-state index in [1.54, 1.807) is 6.20 Å². The Morgan fingerprint density at radius 3 is 2.86 bits per heavy atom. The highest BCUT2D eigenvalue weighted by Gasteiger charge is 2.09. The third kappa shape index (κ3) is 1.59. The largest absolute Gasteiger partial charge is 0.328 e. The molecule has 2 aromatic rings. The van der Waals surface area contributed by atoms with Crippen LogP contribution in [-0.2, 0) is 0 Å². The van der Waals surface area contributed by atoms with Crippen molar-refractivity contribution in [1.82, 2.24) is 4.98 Å². The van der Waals surface area contributed by atoms with Gasteiger partial charge >= 0.3 is 0 Å². The van der Waals surface area contributed by atoms with Crippen molar-refractivity contribution in [1.29, 1.82) is 0 Å². The lowest BCUT2D eigenvalue weighted by Gasteiger charge is -2.09. The van der Waals surface area contributed by atoms with Crippen molar-refractivity contribution in [2.75, 3.05) is 0 Å². The zero-order chi connectivity index (χ0) is 9.97. The van der Waals surface area contributed by atoms with Crippen LogP contribution < -0.4 is 5.73 Å². The number of fused-ring (bicyclic) bond motifs is 1. The normalized spacial score (nSPS) is 13.0. The molecule has 0 radical (unpaired) electrons. The van der Waals surface area contributed by atoms with Gasteiger partial charge < -0.3 is 10.3 Å². The predicted octanol–water partition coefficient (Wildman–Crippen LogP) is 2.40. The van der Waals surface area contributed by atoms with Crippen LogP contribution in [0.1, 0.15) is 10.9 Å². The molecule has 3 nitrogen and oxygen atoms in total. The highest BCUT2D eigenvalue weighted by Crippen LogP contribution is 2.26. The average Bonchev–Trinajstić information content (AvgIpc) is 2.27. The summed E-state index contributed by atoms with van der Waals surface area (Å²) in [6, 6.07) is 9.57. The van der Waals surface area contributed by atoms with Gasteiger partial charge in [-0.3, -0.25) is 4.98 Å². The molecule has 1 heterocycles. The van der Waals surface area contributed by atoms with E-state index < -0.39 is 5.37 Å². The van der Waals surface area contributed by atoms with E-state index in [0.717, 1.165) is 16.5 Å². The molecule has 0 aliphatic carbocycles. The summed E-state index contributed by atoms with van der Waals surface area (Å²) >= 11 is 0.643. The highest BCUT2D eigenvalue weighted by molar-refractivity contribution is 7.93. The van der Waals surface area contributed by atoms with Crippen LogP contribution in [0.5, 0.6) is 0 Å². The molecule has 14 heavy (non-hydrogen) atoms. The number of pyridine rings is 1. The summed E-state index contributed by atoms with van der Waals surface area (Å²) in [5.74, 6) is 0. The molecular formula is C10H10N2OS. The summed E-state index contributed by atoms with van der Waals surface area (Å²) in [5, 5.41) is 0.576. The lowest BCUT2D eigenvalue weighted by Crippen LogP contribution is -2.06. The van der Waals surface area contributed by atoms with Gasteiger partial charge in [-0.2, -0.15) is 0 Å².